The number of aliphatic hydroxyl groups excluding tert-OH is 5. The number of aryl methyl sites for hydroxylation is 1. The van der Waals surface area contributed by atoms with Crippen LogP contribution in [0.15, 0.2) is 36.4 Å². The maximum absolute atomic E-state index is 11.0. The normalized spacial score (nSPS) is 31.9. The molecule has 2 aromatic rings. The molecule has 7 nitrogen and oxygen atoms in total. The van der Waals surface area contributed by atoms with Crippen molar-refractivity contribution in [1.82, 2.24) is 0 Å². The minimum Gasteiger partial charge on any atom is -0.487 e. The van der Waals surface area contributed by atoms with Crippen molar-refractivity contribution in [3.05, 3.63) is 63.7 Å². The minimum atomic E-state index is -1.55. The van der Waals surface area contributed by atoms with Crippen LogP contribution in [-0.4, -0.2) is 69.3 Å². The smallest absolute Gasteiger partial charge is 0.129 e. The molecule has 174 valence electrons. The first kappa shape index (κ1) is 23.4. The molecule has 0 aromatic heterocycles. The summed E-state index contributed by atoms with van der Waals surface area (Å²) < 4.78 is 11.9. The van der Waals surface area contributed by atoms with Crippen LogP contribution < -0.4 is 4.74 Å². The van der Waals surface area contributed by atoms with Crippen molar-refractivity contribution < 1.29 is 35.0 Å². The minimum absolute atomic E-state index is 0.0320. The van der Waals surface area contributed by atoms with Gasteiger partial charge in [-0.3, -0.25) is 0 Å². The van der Waals surface area contributed by atoms with Crippen LogP contribution in [-0.2, 0) is 23.2 Å². The van der Waals surface area contributed by atoms with Gasteiger partial charge in [-0.25, -0.2) is 0 Å². The number of halogens is 1. The molecule has 0 radical (unpaired) electrons. The number of fused-ring (bicyclic) bond motifs is 2. The van der Waals surface area contributed by atoms with Gasteiger partial charge in [0, 0.05) is 17.0 Å². The van der Waals surface area contributed by atoms with Gasteiger partial charge in [0.2, 0.25) is 0 Å². The van der Waals surface area contributed by atoms with Gasteiger partial charge in [-0.2, -0.15) is 0 Å². The number of hydrogen-bond donors (Lipinski definition) is 5. The van der Waals surface area contributed by atoms with Gasteiger partial charge in [-0.15, -0.1) is 0 Å². The van der Waals surface area contributed by atoms with Gasteiger partial charge in [0.15, 0.2) is 0 Å². The molecule has 5 N–H and O–H groups in total. The first-order chi connectivity index (χ1) is 15.3. The second-order valence-electron chi connectivity index (χ2n) is 8.57. The molecule has 2 aliphatic rings. The highest BCUT2D eigenvalue weighted by Gasteiger charge is 2.57. The highest BCUT2D eigenvalue weighted by Crippen LogP contribution is 2.50. The summed E-state index contributed by atoms with van der Waals surface area (Å²) in [5, 5.41) is 51.7. The number of benzene rings is 2. The summed E-state index contributed by atoms with van der Waals surface area (Å²) in [6.07, 6.45) is -4.84. The van der Waals surface area contributed by atoms with E-state index >= 15 is 0 Å². The maximum Gasteiger partial charge on any atom is 0.129 e. The summed E-state index contributed by atoms with van der Waals surface area (Å²) in [5.41, 5.74) is 2.03. The van der Waals surface area contributed by atoms with E-state index in [2.05, 4.69) is 19.1 Å². The SMILES string of the molecule is CCc1ccc(Cc2cc3c(cc2Cl)OC(CO)C[C@]32O[C@H](CO)[C@@H](O)[C@H](O)[C@H]2O)cc1. The summed E-state index contributed by atoms with van der Waals surface area (Å²) >= 11 is 6.56. The van der Waals surface area contributed by atoms with Gasteiger partial charge in [0.05, 0.1) is 13.2 Å². The fourth-order valence-corrected chi connectivity index (χ4v) is 4.90. The summed E-state index contributed by atoms with van der Waals surface area (Å²) in [7, 11) is 0. The van der Waals surface area contributed by atoms with Gasteiger partial charge in [0.1, 0.15) is 41.9 Å². The Bertz CT molecular complexity index is 948. The molecule has 2 aliphatic heterocycles. The van der Waals surface area contributed by atoms with Gasteiger partial charge in [-0.1, -0.05) is 42.8 Å². The number of aliphatic hydroxyl groups is 5. The molecule has 2 aromatic carbocycles. The fraction of sp³-hybridized carbons (Fsp3) is 0.500. The topological polar surface area (TPSA) is 120 Å². The van der Waals surface area contributed by atoms with Gasteiger partial charge >= 0.3 is 0 Å². The Morgan fingerprint density at radius 2 is 1.69 bits per heavy atom. The molecule has 1 fully saturated rings. The molecule has 6 atom stereocenters. The molecule has 0 amide bonds. The third-order valence-corrected chi connectivity index (χ3v) is 6.88. The predicted octanol–water partition coefficient (Wildman–Crippen LogP) is 1.31. The third-order valence-electron chi connectivity index (χ3n) is 6.53. The van der Waals surface area contributed by atoms with Crippen molar-refractivity contribution in [2.24, 2.45) is 0 Å². The lowest BCUT2D eigenvalue weighted by Crippen LogP contribution is -2.65. The fourth-order valence-electron chi connectivity index (χ4n) is 4.68. The van der Waals surface area contributed by atoms with Crippen molar-refractivity contribution in [2.75, 3.05) is 13.2 Å². The highest BCUT2D eigenvalue weighted by molar-refractivity contribution is 6.31. The molecular weight excluding hydrogens is 436 g/mol. The quantitative estimate of drug-likeness (QED) is 0.452. The Morgan fingerprint density at radius 3 is 2.31 bits per heavy atom. The zero-order valence-corrected chi connectivity index (χ0v) is 18.6. The predicted molar refractivity (Wildman–Crippen MR) is 118 cm³/mol. The largest absolute Gasteiger partial charge is 0.487 e. The first-order valence-electron chi connectivity index (χ1n) is 10.8. The van der Waals surface area contributed by atoms with E-state index in [0.29, 0.717) is 22.8 Å². The molecule has 2 heterocycles. The van der Waals surface area contributed by atoms with Gasteiger partial charge in [0.25, 0.3) is 0 Å². The Balaban J connectivity index is 1.78. The molecule has 1 unspecified atom stereocenters. The van der Waals surface area contributed by atoms with Crippen LogP contribution in [0.2, 0.25) is 5.02 Å². The van der Waals surface area contributed by atoms with Crippen molar-refractivity contribution in [3.63, 3.8) is 0 Å². The Kier molecular flexibility index (Phi) is 6.79. The summed E-state index contributed by atoms with van der Waals surface area (Å²) in [5.74, 6) is 0.324. The van der Waals surface area contributed by atoms with E-state index in [1.807, 2.05) is 12.1 Å². The van der Waals surface area contributed by atoms with Crippen LogP contribution in [0.3, 0.4) is 0 Å². The van der Waals surface area contributed by atoms with Gasteiger partial charge < -0.3 is 35.0 Å². The molecule has 8 heteroatoms. The van der Waals surface area contributed by atoms with E-state index in [9.17, 15) is 25.5 Å². The number of rotatable bonds is 5. The Labute approximate surface area is 191 Å². The molecular formula is C24H29ClO7. The molecule has 4 rings (SSSR count). The lowest BCUT2D eigenvalue weighted by Gasteiger charge is -2.52. The van der Waals surface area contributed by atoms with Crippen LogP contribution in [0.4, 0.5) is 0 Å². The second-order valence-corrected chi connectivity index (χ2v) is 8.97. The summed E-state index contributed by atoms with van der Waals surface area (Å²) in [6.45, 7) is 1.20. The van der Waals surface area contributed by atoms with Crippen molar-refractivity contribution in [1.29, 1.82) is 0 Å². The zero-order valence-electron chi connectivity index (χ0n) is 17.8. The average Bonchev–Trinajstić information content (AvgIpc) is 2.81. The van der Waals surface area contributed by atoms with E-state index in [1.54, 1.807) is 12.1 Å². The van der Waals surface area contributed by atoms with Crippen LogP contribution in [0.1, 0.15) is 35.6 Å². The molecule has 0 bridgehead atoms. The standard InChI is InChI=1S/C24H29ClO7/c1-2-13-3-5-14(6-4-13)7-15-8-17-19(9-18(15)25)31-16(11-26)10-24(17)23(30)22(29)21(28)20(12-27)32-24/h3-6,8-9,16,20-23,26-30H,2,7,10-12H2,1H3/t16?,20-,21-,22+,23-,24+/m1/s1. The Morgan fingerprint density at radius 1 is 1.00 bits per heavy atom. The third kappa shape index (κ3) is 4.03. The summed E-state index contributed by atoms with van der Waals surface area (Å²) in [4.78, 5) is 0. The van der Waals surface area contributed by atoms with Crippen LogP contribution in [0.5, 0.6) is 5.75 Å². The van der Waals surface area contributed by atoms with Crippen molar-refractivity contribution in [3.8, 4) is 5.75 Å². The second kappa shape index (κ2) is 9.27. The van der Waals surface area contributed by atoms with Crippen molar-refractivity contribution in [2.45, 2.75) is 62.3 Å². The molecule has 0 saturated carbocycles. The number of hydrogen-bond acceptors (Lipinski definition) is 7. The lowest BCUT2D eigenvalue weighted by atomic mass is 9.74. The molecule has 32 heavy (non-hydrogen) atoms. The zero-order chi connectivity index (χ0) is 23.0. The van der Waals surface area contributed by atoms with Crippen LogP contribution >= 0.6 is 11.6 Å². The first-order valence-corrected chi connectivity index (χ1v) is 11.2. The molecule has 1 saturated heterocycles. The van der Waals surface area contributed by atoms with E-state index in [-0.39, 0.29) is 13.0 Å². The average molecular weight is 465 g/mol. The van der Waals surface area contributed by atoms with Crippen LogP contribution in [0.25, 0.3) is 0 Å². The van der Waals surface area contributed by atoms with E-state index < -0.39 is 42.7 Å². The van der Waals surface area contributed by atoms with Crippen LogP contribution in [0, 0.1) is 0 Å². The molecule has 1 spiro atoms. The monoisotopic (exact) mass is 464 g/mol. The van der Waals surface area contributed by atoms with E-state index in [0.717, 1.165) is 17.5 Å². The van der Waals surface area contributed by atoms with E-state index in [1.165, 1.54) is 5.56 Å². The lowest BCUT2D eigenvalue weighted by molar-refractivity contribution is -0.290. The number of ether oxygens (including phenoxy) is 2. The molecule has 0 aliphatic carbocycles. The highest BCUT2D eigenvalue weighted by atomic mass is 35.5. The Hall–Kier alpha value is -1.71. The van der Waals surface area contributed by atoms with Crippen molar-refractivity contribution >= 4 is 11.6 Å². The van der Waals surface area contributed by atoms with E-state index in [4.69, 9.17) is 21.1 Å². The summed E-state index contributed by atoms with van der Waals surface area (Å²) in [6, 6.07) is 11.6. The maximum atomic E-state index is 11.0. The van der Waals surface area contributed by atoms with Gasteiger partial charge in [-0.05, 0) is 41.7 Å².